The third kappa shape index (κ3) is 1.87. The lowest BCUT2D eigenvalue weighted by molar-refractivity contribution is -0.146. The Kier molecular flexibility index (Phi) is 3.06. The van der Waals surface area contributed by atoms with Gasteiger partial charge >= 0.3 is 5.97 Å². The Morgan fingerprint density at radius 3 is 3.00 bits per heavy atom. The van der Waals surface area contributed by atoms with Crippen molar-refractivity contribution in [2.75, 3.05) is 13.7 Å². The molecule has 0 radical (unpaired) electrons. The number of carbonyl (C=O) groups is 1. The molecule has 1 aromatic rings. The molecule has 16 heavy (non-hydrogen) atoms. The third-order valence-electron chi connectivity index (χ3n) is 2.86. The van der Waals surface area contributed by atoms with E-state index in [1.54, 1.807) is 0 Å². The van der Waals surface area contributed by atoms with Gasteiger partial charge in [0, 0.05) is 0 Å². The highest BCUT2D eigenvalue weighted by Gasteiger charge is 2.28. The molecule has 0 bridgehead atoms. The highest BCUT2D eigenvalue weighted by molar-refractivity contribution is 6.32. The topological polar surface area (TPSA) is 35.5 Å². The van der Waals surface area contributed by atoms with Gasteiger partial charge in [0.25, 0.3) is 0 Å². The molecule has 1 aliphatic rings. The Balaban J connectivity index is 2.33. The van der Waals surface area contributed by atoms with Gasteiger partial charge in [0.1, 0.15) is 12.4 Å². The first-order chi connectivity index (χ1) is 7.63. The summed E-state index contributed by atoms with van der Waals surface area (Å²) in [5.74, 6) is 0.251. The van der Waals surface area contributed by atoms with Crippen molar-refractivity contribution in [3.63, 3.8) is 0 Å². The highest BCUT2D eigenvalue weighted by atomic mass is 35.5. The normalized spacial score (nSPS) is 18.6. The fourth-order valence-corrected chi connectivity index (χ4v) is 2.15. The van der Waals surface area contributed by atoms with Crippen molar-refractivity contribution >= 4 is 17.6 Å². The SMILES string of the molecule is COC(=O)C1COc2c(Cl)ccc(C)c2C1. The molecule has 1 unspecified atom stereocenters. The van der Waals surface area contributed by atoms with Crippen LogP contribution in [0.5, 0.6) is 5.75 Å². The molecule has 0 saturated carbocycles. The summed E-state index contributed by atoms with van der Waals surface area (Å²) in [6, 6.07) is 3.75. The molecule has 4 heteroatoms. The number of esters is 1. The summed E-state index contributed by atoms with van der Waals surface area (Å²) in [4.78, 5) is 11.4. The van der Waals surface area contributed by atoms with E-state index in [0.717, 1.165) is 11.1 Å². The predicted octanol–water partition coefficient (Wildman–Crippen LogP) is 2.37. The Hall–Kier alpha value is -1.22. The second kappa shape index (κ2) is 4.34. The summed E-state index contributed by atoms with van der Waals surface area (Å²) in [7, 11) is 1.39. The predicted molar refractivity (Wildman–Crippen MR) is 60.9 cm³/mol. The van der Waals surface area contributed by atoms with Crippen LogP contribution in [0.25, 0.3) is 0 Å². The first-order valence-corrected chi connectivity index (χ1v) is 5.50. The summed E-state index contributed by atoms with van der Waals surface area (Å²) < 4.78 is 10.3. The van der Waals surface area contributed by atoms with Crippen LogP contribution >= 0.6 is 11.6 Å². The second-order valence-corrected chi connectivity index (χ2v) is 4.31. The zero-order valence-electron chi connectivity index (χ0n) is 9.25. The number of carbonyl (C=O) groups excluding carboxylic acids is 1. The summed E-state index contributed by atoms with van der Waals surface area (Å²) in [6.07, 6.45) is 0.633. The minimum Gasteiger partial charge on any atom is -0.491 e. The van der Waals surface area contributed by atoms with E-state index in [-0.39, 0.29) is 11.9 Å². The monoisotopic (exact) mass is 240 g/mol. The number of hydrogen-bond acceptors (Lipinski definition) is 3. The molecule has 0 aromatic heterocycles. The molecule has 2 rings (SSSR count). The lowest BCUT2D eigenvalue weighted by Crippen LogP contribution is -2.29. The minimum absolute atomic E-state index is 0.227. The van der Waals surface area contributed by atoms with E-state index in [2.05, 4.69) is 0 Å². The van der Waals surface area contributed by atoms with Gasteiger partial charge in [-0.3, -0.25) is 4.79 Å². The third-order valence-corrected chi connectivity index (χ3v) is 3.16. The van der Waals surface area contributed by atoms with Gasteiger partial charge < -0.3 is 9.47 Å². The van der Waals surface area contributed by atoms with E-state index in [1.807, 2.05) is 19.1 Å². The standard InChI is InChI=1S/C12H13ClO3/c1-7-3-4-10(13)11-9(7)5-8(6-16-11)12(14)15-2/h3-4,8H,5-6H2,1-2H3. The van der Waals surface area contributed by atoms with Gasteiger partial charge in [-0.25, -0.2) is 0 Å². The van der Waals surface area contributed by atoms with Crippen molar-refractivity contribution < 1.29 is 14.3 Å². The number of halogens is 1. The van der Waals surface area contributed by atoms with Crippen LogP contribution in [-0.2, 0) is 16.0 Å². The van der Waals surface area contributed by atoms with Gasteiger partial charge in [-0.15, -0.1) is 0 Å². The van der Waals surface area contributed by atoms with Crippen LogP contribution in [0.2, 0.25) is 5.02 Å². The lowest BCUT2D eigenvalue weighted by atomic mass is 9.93. The minimum atomic E-state index is -0.231. The van der Waals surface area contributed by atoms with Gasteiger partial charge in [0.15, 0.2) is 0 Å². The summed E-state index contributed by atoms with van der Waals surface area (Å²) in [5.41, 5.74) is 2.10. The number of methoxy groups -OCH3 is 1. The number of benzene rings is 1. The van der Waals surface area contributed by atoms with Crippen molar-refractivity contribution in [1.29, 1.82) is 0 Å². The van der Waals surface area contributed by atoms with Crippen molar-refractivity contribution in [3.8, 4) is 5.75 Å². The van der Waals surface area contributed by atoms with E-state index >= 15 is 0 Å². The van der Waals surface area contributed by atoms with Crippen LogP contribution in [0.15, 0.2) is 12.1 Å². The summed E-state index contributed by atoms with van der Waals surface area (Å²) >= 11 is 6.03. The van der Waals surface area contributed by atoms with Crippen LogP contribution in [0, 0.1) is 12.8 Å². The van der Waals surface area contributed by atoms with Crippen LogP contribution < -0.4 is 4.74 Å². The smallest absolute Gasteiger partial charge is 0.312 e. The molecule has 86 valence electrons. The largest absolute Gasteiger partial charge is 0.491 e. The van der Waals surface area contributed by atoms with E-state index in [0.29, 0.717) is 23.8 Å². The number of fused-ring (bicyclic) bond motifs is 1. The fourth-order valence-electron chi connectivity index (χ4n) is 1.91. The van der Waals surface area contributed by atoms with Crippen LogP contribution in [0.1, 0.15) is 11.1 Å². The first kappa shape index (κ1) is 11.3. The zero-order valence-corrected chi connectivity index (χ0v) is 10.0. The van der Waals surface area contributed by atoms with Crippen LogP contribution in [0.3, 0.4) is 0 Å². The molecule has 0 aliphatic carbocycles. The number of rotatable bonds is 1. The Bertz CT molecular complexity index is 429. The van der Waals surface area contributed by atoms with Crippen molar-refractivity contribution in [2.24, 2.45) is 5.92 Å². The first-order valence-electron chi connectivity index (χ1n) is 5.12. The average Bonchev–Trinajstić information content (AvgIpc) is 2.32. The Morgan fingerprint density at radius 2 is 2.31 bits per heavy atom. The van der Waals surface area contributed by atoms with E-state index in [4.69, 9.17) is 21.1 Å². The van der Waals surface area contributed by atoms with Crippen molar-refractivity contribution in [2.45, 2.75) is 13.3 Å². The fraction of sp³-hybridized carbons (Fsp3) is 0.417. The van der Waals surface area contributed by atoms with E-state index in [9.17, 15) is 4.79 Å². The van der Waals surface area contributed by atoms with Gasteiger partial charge in [-0.2, -0.15) is 0 Å². The maximum atomic E-state index is 11.4. The van der Waals surface area contributed by atoms with Crippen molar-refractivity contribution in [3.05, 3.63) is 28.3 Å². The molecule has 1 atom stereocenters. The van der Waals surface area contributed by atoms with Crippen LogP contribution in [-0.4, -0.2) is 19.7 Å². The van der Waals surface area contributed by atoms with Gasteiger partial charge in [-0.05, 0) is 30.5 Å². The lowest BCUT2D eigenvalue weighted by Gasteiger charge is -2.25. The molecule has 1 aliphatic heterocycles. The quantitative estimate of drug-likeness (QED) is 0.707. The molecule has 0 amide bonds. The van der Waals surface area contributed by atoms with Crippen molar-refractivity contribution in [1.82, 2.24) is 0 Å². The molecule has 0 spiro atoms. The summed E-state index contributed by atoms with van der Waals surface area (Å²) in [5, 5.41) is 0.601. The number of hydrogen-bond donors (Lipinski definition) is 0. The molecule has 0 fully saturated rings. The molecule has 3 nitrogen and oxygen atoms in total. The Morgan fingerprint density at radius 1 is 1.56 bits per heavy atom. The average molecular weight is 241 g/mol. The summed E-state index contributed by atoms with van der Waals surface area (Å²) in [6.45, 7) is 2.32. The number of aryl methyl sites for hydroxylation is 1. The van der Waals surface area contributed by atoms with Crippen LogP contribution in [0.4, 0.5) is 0 Å². The molecular formula is C12H13ClO3. The second-order valence-electron chi connectivity index (χ2n) is 3.91. The van der Waals surface area contributed by atoms with Gasteiger partial charge in [-0.1, -0.05) is 17.7 Å². The highest BCUT2D eigenvalue weighted by Crippen LogP contribution is 2.36. The molecule has 0 N–H and O–H groups in total. The molecule has 1 heterocycles. The van der Waals surface area contributed by atoms with Gasteiger partial charge in [0.2, 0.25) is 0 Å². The maximum Gasteiger partial charge on any atom is 0.312 e. The molecular weight excluding hydrogens is 228 g/mol. The van der Waals surface area contributed by atoms with E-state index in [1.165, 1.54) is 7.11 Å². The maximum absolute atomic E-state index is 11.4. The zero-order chi connectivity index (χ0) is 11.7. The van der Waals surface area contributed by atoms with E-state index < -0.39 is 0 Å². The van der Waals surface area contributed by atoms with Gasteiger partial charge in [0.05, 0.1) is 18.1 Å². The molecule has 0 saturated heterocycles. The molecule has 1 aromatic carbocycles. The number of ether oxygens (including phenoxy) is 2. The Labute approximate surface area is 99.3 Å².